The van der Waals surface area contributed by atoms with E-state index < -0.39 is 50.6 Å². The molecule has 0 radical (unpaired) electrons. The van der Waals surface area contributed by atoms with Gasteiger partial charge in [0.15, 0.2) is 0 Å². The topological polar surface area (TPSA) is 182 Å². The van der Waals surface area contributed by atoms with Crippen LogP contribution in [0.1, 0.15) is 39.2 Å². The van der Waals surface area contributed by atoms with Crippen molar-refractivity contribution in [1.82, 2.24) is 19.5 Å². The number of nitrogens with one attached hydrogen (secondary N) is 1. The van der Waals surface area contributed by atoms with Gasteiger partial charge in [0.1, 0.15) is 29.3 Å². The second-order valence-electron chi connectivity index (χ2n) is 13.0. The number of piperazine rings is 1. The molecule has 2 aliphatic heterocycles. The number of nitrogens with zero attached hydrogens (tertiary/aromatic N) is 5. The van der Waals surface area contributed by atoms with Gasteiger partial charge in [-0.2, -0.15) is 4.31 Å². The third-order valence-electron chi connectivity index (χ3n) is 8.25. The van der Waals surface area contributed by atoms with Gasteiger partial charge in [0.05, 0.1) is 9.82 Å². The van der Waals surface area contributed by atoms with E-state index in [0.717, 1.165) is 34.4 Å². The summed E-state index contributed by atoms with van der Waals surface area (Å²) in [6.45, 7) is 7.32. The Bertz CT molecular complexity index is 1790. The van der Waals surface area contributed by atoms with Gasteiger partial charge in [-0.1, -0.05) is 18.2 Å². The van der Waals surface area contributed by atoms with Gasteiger partial charge in [0.2, 0.25) is 15.9 Å². The molecular formula is C34H40N6O9S. The lowest BCUT2D eigenvalue weighted by Gasteiger charge is -2.34. The summed E-state index contributed by atoms with van der Waals surface area (Å²) in [5.41, 5.74) is -0.492. The van der Waals surface area contributed by atoms with Crippen molar-refractivity contribution in [1.29, 1.82) is 0 Å². The predicted molar refractivity (Wildman–Crippen MR) is 182 cm³/mol. The number of amides is 2. The molecule has 2 atom stereocenters. The third-order valence-corrected chi connectivity index (χ3v) is 10.2. The number of hydrogen-bond acceptors (Lipinski definition) is 11. The number of sulfonamides is 1. The molecule has 266 valence electrons. The second kappa shape index (κ2) is 15.2. The van der Waals surface area contributed by atoms with Gasteiger partial charge < -0.3 is 24.6 Å². The fraction of sp³-hybridized carbons (Fsp3) is 0.412. The van der Waals surface area contributed by atoms with E-state index >= 15 is 0 Å². The van der Waals surface area contributed by atoms with Gasteiger partial charge >= 0.3 is 12.1 Å². The number of hydrogen-bond donors (Lipinski definition) is 1. The Balaban J connectivity index is 1.23. The van der Waals surface area contributed by atoms with Gasteiger partial charge in [0, 0.05) is 57.5 Å². The molecule has 2 saturated heterocycles. The largest absolute Gasteiger partial charge is 0.458 e. The molecule has 0 aliphatic carbocycles. The highest BCUT2D eigenvalue weighted by Gasteiger charge is 2.41. The number of benzene rings is 2. The number of anilines is 1. The molecule has 0 unspecified atom stereocenters. The molecular weight excluding hydrogens is 668 g/mol. The molecule has 5 rings (SSSR count). The molecule has 1 N–H and O–H groups in total. The lowest BCUT2D eigenvalue weighted by atomic mass is 10.0. The minimum absolute atomic E-state index is 0.0200. The highest BCUT2D eigenvalue weighted by atomic mass is 32.2. The molecule has 50 heavy (non-hydrogen) atoms. The maximum atomic E-state index is 13.6. The lowest BCUT2D eigenvalue weighted by molar-refractivity contribution is -0.384. The average Bonchev–Trinajstić information content (AvgIpc) is 3.60. The molecule has 0 bridgehead atoms. The number of pyridine rings is 1. The van der Waals surface area contributed by atoms with Crippen molar-refractivity contribution in [3.8, 4) is 5.75 Å². The van der Waals surface area contributed by atoms with Crippen molar-refractivity contribution in [2.45, 2.75) is 62.6 Å². The number of ether oxygens (including phenoxy) is 2. The van der Waals surface area contributed by atoms with E-state index in [-0.39, 0.29) is 30.0 Å². The summed E-state index contributed by atoms with van der Waals surface area (Å²) >= 11 is 0. The maximum absolute atomic E-state index is 13.6. The first-order valence-electron chi connectivity index (χ1n) is 16.2. The third kappa shape index (κ3) is 8.92. The molecule has 2 fully saturated rings. The van der Waals surface area contributed by atoms with Gasteiger partial charge in [-0.15, -0.1) is 0 Å². The fourth-order valence-electron chi connectivity index (χ4n) is 5.75. The number of non-ortho nitro benzene ring substituents is 1. The monoisotopic (exact) mass is 708 g/mol. The number of carbonyl (C=O) groups excluding carboxylic acids is 3. The lowest BCUT2D eigenvalue weighted by Crippen LogP contribution is -2.52. The molecule has 2 aromatic carbocycles. The number of rotatable bonds is 10. The smallest absolute Gasteiger partial charge is 0.415 e. The van der Waals surface area contributed by atoms with Gasteiger partial charge in [-0.05, 0) is 75.6 Å². The Morgan fingerprint density at radius 2 is 1.66 bits per heavy atom. The summed E-state index contributed by atoms with van der Waals surface area (Å²) in [6, 6.07) is 14.4. The quantitative estimate of drug-likeness (QED) is 0.185. The molecule has 0 spiro atoms. The standard InChI is InChI=1S/C34H40N6O9S/c1-34(2,3)49-32(42)28(36-31(41)29-7-6-18-39(29)50(46,47)27-15-11-25(12-16-27)40(44)45)23-24-9-13-26(14-10-24)48-33(43)38-21-19-37(20-22-38)30-8-4-5-17-35-30/h4-5,8-17,28-29H,6-7,18-23H2,1-3H3,(H,36,41)/t28-,29-/m0/s1. The van der Waals surface area contributed by atoms with Crippen LogP contribution < -0.4 is 15.0 Å². The van der Waals surface area contributed by atoms with Gasteiger partial charge in [-0.25, -0.2) is 23.0 Å². The van der Waals surface area contributed by atoms with Crippen LogP contribution in [0.2, 0.25) is 0 Å². The summed E-state index contributed by atoms with van der Waals surface area (Å²) in [5.74, 6) is -0.210. The Hall–Kier alpha value is -5.09. The summed E-state index contributed by atoms with van der Waals surface area (Å²) in [5, 5.41) is 13.7. The summed E-state index contributed by atoms with van der Waals surface area (Å²) in [6.07, 6.45) is 1.89. The van der Waals surface area contributed by atoms with E-state index in [0.29, 0.717) is 43.9 Å². The van der Waals surface area contributed by atoms with Crippen LogP contribution in [0.5, 0.6) is 5.75 Å². The Morgan fingerprint density at radius 3 is 2.26 bits per heavy atom. The van der Waals surface area contributed by atoms with E-state index in [1.54, 1.807) is 56.1 Å². The average molecular weight is 709 g/mol. The van der Waals surface area contributed by atoms with Gasteiger partial charge in [0.25, 0.3) is 5.69 Å². The van der Waals surface area contributed by atoms with E-state index in [2.05, 4.69) is 15.2 Å². The van der Waals surface area contributed by atoms with E-state index in [9.17, 15) is 32.9 Å². The van der Waals surface area contributed by atoms with Crippen LogP contribution in [-0.4, -0.2) is 95.9 Å². The zero-order valence-electron chi connectivity index (χ0n) is 28.1. The predicted octanol–water partition coefficient (Wildman–Crippen LogP) is 3.53. The van der Waals surface area contributed by atoms with Crippen molar-refractivity contribution < 1.29 is 37.2 Å². The molecule has 16 heteroatoms. The first kappa shape index (κ1) is 36.2. The highest BCUT2D eigenvalue weighted by Crippen LogP contribution is 2.28. The van der Waals surface area contributed by atoms with Crippen LogP contribution in [0.15, 0.2) is 77.8 Å². The Labute approximate surface area is 290 Å². The summed E-state index contributed by atoms with van der Waals surface area (Å²) in [7, 11) is -4.17. The van der Waals surface area contributed by atoms with Crippen LogP contribution in [0.4, 0.5) is 16.3 Å². The minimum atomic E-state index is -4.17. The first-order valence-corrected chi connectivity index (χ1v) is 17.7. The molecule has 2 amide bonds. The van der Waals surface area contributed by atoms with Crippen LogP contribution in [0.25, 0.3) is 0 Å². The Kier molecular flexibility index (Phi) is 11.0. The summed E-state index contributed by atoms with van der Waals surface area (Å²) < 4.78 is 39.1. The van der Waals surface area contributed by atoms with Crippen molar-refractivity contribution in [3.05, 3.63) is 88.6 Å². The highest BCUT2D eigenvalue weighted by molar-refractivity contribution is 7.89. The number of carbonyl (C=O) groups is 3. The first-order chi connectivity index (χ1) is 23.7. The van der Waals surface area contributed by atoms with E-state index in [1.165, 1.54) is 0 Å². The number of esters is 1. The summed E-state index contributed by atoms with van der Waals surface area (Å²) in [4.78, 5) is 58.0. The van der Waals surface area contributed by atoms with Crippen molar-refractivity contribution in [2.75, 3.05) is 37.6 Å². The maximum Gasteiger partial charge on any atom is 0.415 e. The van der Waals surface area contributed by atoms with Crippen molar-refractivity contribution in [2.24, 2.45) is 0 Å². The van der Waals surface area contributed by atoms with E-state index in [4.69, 9.17) is 9.47 Å². The SMILES string of the molecule is CC(C)(C)OC(=O)[C@H](Cc1ccc(OC(=O)N2CCN(c3ccccn3)CC2)cc1)NC(=O)[C@@H]1CCCN1S(=O)(=O)c1ccc([N+](=O)[O-])cc1. The van der Waals surface area contributed by atoms with Crippen molar-refractivity contribution in [3.63, 3.8) is 0 Å². The zero-order chi connectivity index (χ0) is 36.1. The normalized spacial score (nSPS) is 17.5. The number of aromatic nitrogens is 1. The molecule has 3 heterocycles. The molecule has 0 saturated carbocycles. The van der Waals surface area contributed by atoms with Gasteiger partial charge in [-0.3, -0.25) is 14.9 Å². The van der Waals surface area contributed by atoms with Crippen molar-refractivity contribution >= 4 is 39.5 Å². The number of nitro benzene ring substituents is 1. The minimum Gasteiger partial charge on any atom is -0.458 e. The molecule has 15 nitrogen and oxygen atoms in total. The van der Waals surface area contributed by atoms with Crippen LogP contribution in [0, 0.1) is 10.1 Å². The van der Waals surface area contributed by atoms with Crippen LogP contribution >= 0.6 is 0 Å². The zero-order valence-corrected chi connectivity index (χ0v) is 28.9. The van der Waals surface area contributed by atoms with Crippen LogP contribution in [-0.2, 0) is 30.8 Å². The van der Waals surface area contributed by atoms with E-state index in [1.807, 2.05) is 18.2 Å². The fourth-order valence-corrected chi connectivity index (χ4v) is 7.41. The second-order valence-corrected chi connectivity index (χ2v) is 14.9. The molecule has 1 aromatic heterocycles. The number of nitro groups is 1. The molecule has 2 aliphatic rings. The molecule has 3 aromatic rings. The van der Waals surface area contributed by atoms with Crippen LogP contribution in [0.3, 0.4) is 0 Å². The Morgan fingerprint density at radius 1 is 0.980 bits per heavy atom.